The first-order valence-electron chi connectivity index (χ1n) is 8.84. The minimum absolute atomic E-state index is 0.136. The number of carboxylic acids is 1. The molecule has 4 rings (SSSR count). The van der Waals surface area contributed by atoms with Crippen LogP contribution in [-0.4, -0.2) is 40.7 Å². The third kappa shape index (κ3) is 3.50. The van der Waals surface area contributed by atoms with Crippen molar-refractivity contribution in [1.29, 1.82) is 0 Å². The molecule has 0 radical (unpaired) electrons. The molecule has 3 aromatic rings. The minimum atomic E-state index is -0.992. The molecule has 1 amide bonds. The lowest BCUT2D eigenvalue weighted by Crippen LogP contribution is -2.44. The largest absolute Gasteiger partial charge is 0.479 e. The number of H-pyrrole nitrogens is 1. The summed E-state index contributed by atoms with van der Waals surface area (Å²) in [4.78, 5) is 27.0. The smallest absolute Gasteiger partial charge is 0.332 e. The van der Waals surface area contributed by atoms with Gasteiger partial charge in [0.05, 0.1) is 22.5 Å². The van der Waals surface area contributed by atoms with Crippen LogP contribution in [0.3, 0.4) is 0 Å². The molecule has 1 aliphatic rings. The molecule has 0 saturated carbocycles. The van der Waals surface area contributed by atoms with Crippen molar-refractivity contribution in [2.24, 2.45) is 0 Å². The van der Waals surface area contributed by atoms with Gasteiger partial charge in [-0.25, -0.2) is 4.79 Å². The van der Waals surface area contributed by atoms with Crippen molar-refractivity contribution in [2.75, 3.05) is 6.61 Å². The number of amides is 1. The summed E-state index contributed by atoms with van der Waals surface area (Å²) in [7, 11) is 0. The van der Waals surface area contributed by atoms with Gasteiger partial charge in [-0.1, -0.05) is 41.9 Å². The van der Waals surface area contributed by atoms with Crippen LogP contribution in [0, 0.1) is 0 Å². The molecule has 0 unspecified atom stereocenters. The fourth-order valence-corrected chi connectivity index (χ4v) is 3.89. The highest BCUT2D eigenvalue weighted by molar-refractivity contribution is 6.36. The van der Waals surface area contributed by atoms with Gasteiger partial charge in [0.15, 0.2) is 6.10 Å². The lowest BCUT2D eigenvalue weighted by Gasteiger charge is -2.27. The van der Waals surface area contributed by atoms with E-state index in [1.54, 1.807) is 0 Å². The molecular formula is C20H19ClN2O4. The molecule has 0 bridgehead atoms. The van der Waals surface area contributed by atoms with Crippen molar-refractivity contribution in [3.8, 4) is 0 Å². The van der Waals surface area contributed by atoms with Gasteiger partial charge >= 0.3 is 5.97 Å². The molecule has 3 N–H and O–H groups in total. The Labute approximate surface area is 160 Å². The van der Waals surface area contributed by atoms with Gasteiger partial charge < -0.3 is 20.1 Å². The lowest BCUT2D eigenvalue weighted by atomic mass is 10.0. The van der Waals surface area contributed by atoms with Gasteiger partial charge in [0.25, 0.3) is 0 Å². The molecule has 27 heavy (non-hydrogen) atoms. The Morgan fingerprint density at radius 3 is 2.70 bits per heavy atom. The van der Waals surface area contributed by atoms with Crippen LogP contribution in [0.15, 0.2) is 36.4 Å². The third-order valence-electron chi connectivity index (χ3n) is 4.98. The summed E-state index contributed by atoms with van der Waals surface area (Å²) in [6.07, 6.45) is 0.245. The van der Waals surface area contributed by atoms with E-state index in [4.69, 9.17) is 21.4 Å². The predicted octanol–water partition coefficient (Wildman–Crippen LogP) is 3.27. The summed E-state index contributed by atoms with van der Waals surface area (Å²) in [5.74, 6) is -1.13. The topological polar surface area (TPSA) is 91.4 Å². The Morgan fingerprint density at radius 2 is 1.93 bits per heavy atom. The summed E-state index contributed by atoms with van der Waals surface area (Å²) in [5.41, 5.74) is 2.63. The fraction of sp³-hybridized carbons (Fsp3) is 0.300. The summed E-state index contributed by atoms with van der Waals surface area (Å²) in [5, 5.41) is 14.7. The predicted molar refractivity (Wildman–Crippen MR) is 103 cm³/mol. The molecule has 0 aliphatic carbocycles. The average Bonchev–Trinajstić information content (AvgIpc) is 3.03. The Bertz CT molecular complexity index is 1030. The van der Waals surface area contributed by atoms with Gasteiger partial charge in [-0.15, -0.1) is 0 Å². The standard InChI is InChI=1S/C20H19ClN2O4/c21-15-6-2-5-14-13-4-1-3-11(18(13)23-19(14)15)9-17(24)22-12-7-8-27-16(10-12)20(25)26/h1-6,12,16,23H,7-10H2,(H,22,24)(H,25,26)/t12-,16-/m0/s1. The molecule has 1 aliphatic heterocycles. The maximum Gasteiger partial charge on any atom is 0.332 e. The van der Waals surface area contributed by atoms with Crippen LogP contribution in [0.5, 0.6) is 0 Å². The molecular weight excluding hydrogens is 368 g/mol. The highest BCUT2D eigenvalue weighted by Gasteiger charge is 2.28. The van der Waals surface area contributed by atoms with E-state index < -0.39 is 12.1 Å². The van der Waals surface area contributed by atoms with E-state index in [1.165, 1.54) is 0 Å². The second-order valence-corrected chi connectivity index (χ2v) is 7.20. The molecule has 2 atom stereocenters. The molecule has 1 aromatic heterocycles. The second kappa shape index (κ2) is 7.21. The van der Waals surface area contributed by atoms with E-state index >= 15 is 0 Å². The van der Waals surface area contributed by atoms with Crippen LogP contribution >= 0.6 is 11.6 Å². The zero-order valence-electron chi connectivity index (χ0n) is 14.5. The van der Waals surface area contributed by atoms with Crippen molar-refractivity contribution in [3.63, 3.8) is 0 Å². The SMILES string of the molecule is O=C(Cc1cccc2c1[nH]c1c(Cl)cccc12)N[C@H]1CCO[C@H](C(=O)O)C1. The number of hydrogen-bond donors (Lipinski definition) is 3. The molecule has 2 aromatic carbocycles. The Morgan fingerprint density at radius 1 is 1.19 bits per heavy atom. The first kappa shape index (κ1) is 17.8. The number of fused-ring (bicyclic) bond motifs is 3. The number of benzene rings is 2. The van der Waals surface area contributed by atoms with Gasteiger partial charge in [0, 0.05) is 29.8 Å². The first-order chi connectivity index (χ1) is 13.0. The van der Waals surface area contributed by atoms with Crippen molar-refractivity contribution < 1.29 is 19.4 Å². The van der Waals surface area contributed by atoms with E-state index in [0.29, 0.717) is 18.1 Å². The van der Waals surface area contributed by atoms with Crippen molar-refractivity contribution >= 4 is 45.3 Å². The van der Waals surface area contributed by atoms with Crippen LogP contribution in [0.2, 0.25) is 5.02 Å². The maximum absolute atomic E-state index is 12.5. The fourth-order valence-electron chi connectivity index (χ4n) is 3.67. The first-order valence-corrected chi connectivity index (χ1v) is 9.22. The zero-order chi connectivity index (χ0) is 19.0. The van der Waals surface area contributed by atoms with Crippen molar-refractivity contribution in [1.82, 2.24) is 10.3 Å². The molecule has 2 heterocycles. The highest BCUT2D eigenvalue weighted by atomic mass is 35.5. The second-order valence-electron chi connectivity index (χ2n) is 6.79. The number of halogens is 1. The van der Waals surface area contributed by atoms with Gasteiger partial charge in [-0.2, -0.15) is 0 Å². The Hall–Kier alpha value is -2.57. The lowest BCUT2D eigenvalue weighted by molar-refractivity contribution is -0.154. The maximum atomic E-state index is 12.5. The van der Waals surface area contributed by atoms with Gasteiger partial charge in [-0.05, 0) is 18.1 Å². The monoisotopic (exact) mass is 386 g/mol. The number of carbonyl (C=O) groups is 2. The van der Waals surface area contributed by atoms with Crippen LogP contribution in [0.4, 0.5) is 0 Å². The van der Waals surface area contributed by atoms with Crippen molar-refractivity contribution in [2.45, 2.75) is 31.4 Å². The van der Waals surface area contributed by atoms with E-state index in [-0.39, 0.29) is 24.8 Å². The number of rotatable bonds is 4. The Balaban J connectivity index is 1.55. The third-order valence-corrected chi connectivity index (χ3v) is 5.30. The van der Waals surface area contributed by atoms with E-state index in [0.717, 1.165) is 27.4 Å². The van der Waals surface area contributed by atoms with E-state index in [1.807, 2.05) is 36.4 Å². The quantitative estimate of drug-likeness (QED) is 0.641. The molecule has 6 nitrogen and oxygen atoms in total. The number of aliphatic carboxylic acids is 1. The zero-order valence-corrected chi connectivity index (χ0v) is 15.3. The van der Waals surface area contributed by atoms with E-state index in [9.17, 15) is 9.59 Å². The van der Waals surface area contributed by atoms with Crippen LogP contribution in [0.1, 0.15) is 18.4 Å². The normalized spacial score (nSPS) is 20.0. The number of carbonyl (C=O) groups excluding carboxylic acids is 1. The summed E-state index contributed by atoms with van der Waals surface area (Å²) in [6.45, 7) is 0.331. The number of aromatic amines is 1. The number of nitrogens with one attached hydrogen (secondary N) is 2. The molecule has 7 heteroatoms. The van der Waals surface area contributed by atoms with Crippen LogP contribution in [-0.2, 0) is 20.7 Å². The summed E-state index contributed by atoms with van der Waals surface area (Å²) < 4.78 is 5.20. The molecule has 0 spiro atoms. The van der Waals surface area contributed by atoms with Crippen LogP contribution in [0.25, 0.3) is 21.8 Å². The number of hydrogen-bond acceptors (Lipinski definition) is 3. The summed E-state index contributed by atoms with van der Waals surface area (Å²) >= 11 is 6.28. The van der Waals surface area contributed by atoms with E-state index in [2.05, 4.69) is 10.3 Å². The van der Waals surface area contributed by atoms with Crippen molar-refractivity contribution in [3.05, 3.63) is 47.0 Å². The average molecular weight is 387 g/mol. The Kier molecular flexibility index (Phi) is 4.76. The highest BCUT2D eigenvalue weighted by Crippen LogP contribution is 2.31. The number of carboxylic acid groups (broad SMARTS) is 1. The minimum Gasteiger partial charge on any atom is -0.479 e. The van der Waals surface area contributed by atoms with Gasteiger partial charge in [-0.3, -0.25) is 4.79 Å². The molecule has 1 saturated heterocycles. The van der Waals surface area contributed by atoms with Gasteiger partial charge in [0.1, 0.15) is 0 Å². The molecule has 1 fully saturated rings. The van der Waals surface area contributed by atoms with Gasteiger partial charge in [0.2, 0.25) is 5.91 Å². The molecule has 140 valence electrons. The number of ether oxygens (including phenoxy) is 1. The number of para-hydroxylation sites is 2. The summed E-state index contributed by atoms with van der Waals surface area (Å²) in [6, 6.07) is 11.4. The van der Waals surface area contributed by atoms with Crippen LogP contribution < -0.4 is 5.32 Å². The number of aromatic nitrogens is 1.